The summed E-state index contributed by atoms with van der Waals surface area (Å²) in [5.41, 5.74) is 0. The van der Waals surface area contributed by atoms with Gasteiger partial charge in [-0.25, -0.2) is 4.57 Å². The molecule has 3 atom stereocenters. The first-order valence-corrected chi connectivity index (χ1v) is 23.1. The Morgan fingerprint density at radius 2 is 0.774 bits per heavy atom. The Balaban J connectivity index is 3.84. The molecule has 53 heavy (non-hydrogen) atoms. The summed E-state index contributed by atoms with van der Waals surface area (Å²) in [6, 6.07) is 0. The summed E-state index contributed by atoms with van der Waals surface area (Å²) in [5, 5.41) is 19.1. The third-order valence-electron chi connectivity index (χ3n) is 9.48. The molecule has 0 saturated heterocycles. The topological polar surface area (TPSA) is 149 Å². The van der Waals surface area contributed by atoms with Crippen molar-refractivity contribution in [1.29, 1.82) is 0 Å². The number of carbonyl (C=O) groups is 2. The number of unbranched alkanes of at least 4 members (excludes halogenated alkanes) is 25. The fraction of sp³-hybridized carbons (Fsp3) is 0.905. The smallest absolute Gasteiger partial charge is 0.457 e. The molecule has 0 aromatic rings. The van der Waals surface area contributed by atoms with Crippen LogP contribution in [0.1, 0.15) is 206 Å². The molecule has 10 nitrogen and oxygen atoms in total. The minimum atomic E-state index is -4.62. The molecule has 314 valence electrons. The number of rotatable bonds is 41. The summed E-state index contributed by atoms with van der Waals surface area (Å²) in [7, 11) is -4.62. The number of carbonyl (C=O) groups excluding carboxylic acids is 2. The Kier molecular flexibility index (Phi) is 38.0. The quantitative estimate of drug-likeness (QED) is 0.0237. The molecule has 0 aromatic heterocycles. The molecule has 3 unspecified atom stereocenters. The van der Waals surface area contributed by atoms with Gasteiger partial charge in [-0.15, -0.1) is 0 Å². The lowest BCUT2D eigenvalue weighted by molar-refractivity contribution is -0.153. The molecule has 0 heterocycles. The molecule has 0 spiro atoms. The zero-order valence-electron chi connectivity index (χ0n) is 34.0. The van der Waals surface area contributed by atoms with Crippen LogP contribution >= 0.6 is 7.82 Å². The van der Waals surface area contributed by atoms with Crippen LogP contribution in [-0.2, 0) is 32.7 Å². The van der Waals surface area contributed by atoms with Crippen LogP contribution in [0.5, 0.6) is 0 Å². The van der Waals surface area contributed by atoms with Gasteiger partial charge in [0, 0.05) is 12.8 Å². The van der Waals surface area contributed by atoms with Gasteiger partial charge in [-0.3, -0.25) is 18.6 Å². The standard InChI is InChI=1S/C42H81O10P/c1-3-5-7-9-11-13-14-15-16-17-18-19-20-21-22-23-24-26-28-30-32-34-42(46)52-40(36-44)38-50-53(47,48)49-37-39(35-43)51-41(45)33-31-29-27-25-12-10-8-6-4-2/h17-18,39-40,43-44H,3-16,19-38H2,1-2H3,(H,47,48)/b18-17-. The van der Waals surface area contributed by atoms with Crippen LogP contribution < -0.4 is 0 Å². The van der Waals surface area contributed by atoms with Crippen molar-refractivity contribution >= 4 is 19.8 Å². The lowest BCUT2D eigenvalue weighted by Gasteiger charge is -2.20. The molecule has 0 aromatic carbocycles. The van der Waals surface area contributed by atoms with Gasteiger partial charge in [0.05, 0.1) is 26.4 Å². The monoisotopic (exact) mass is 777 g/mol. The van der Waals surface area contributed by atoms with Crippen molar-refractivity contribution in [1.82, 2.24) is 0 Å². The average molecular weight is 777 g/mol. The molecule has 11 heteroatoms. The van der Waals surface area contributed by atoms with Crippen molar-refractivity contribution < 1.29 is 47.8 Å². The zero-order valence-corrected chi connectivity index (χ0v) is 34.9. The van der Waals surface area contributed by atoms with E-state index in [0.717, 1.165) is 38.5 Å². The summed E-state index contributed by atoms with van der Waals surface area (Å²) in [4.78, 5) is 34.4. The Bertz CT molecular complexity index is 899. The van der Waals surface area contributed by atoms with E-state index < -0.39 is 58.4 Å². The second-order valence-electron chi connectivity index (χ2n) is 14.7. The first kappa shape index (κ1) is 51.7. The first-order valence-electron chi connectivity index (χ1n) is 21.6. The van der Waals surface area contributed by atoms with Crippen LogP contribution in [0, 0.1) is 0 Å². The lowest BCUT2D eigenvalue weighted by Crippen LogP contribution is -2.28. The highest BCUT2D eigenvalue weighted by molar-refractivity contribution is 7.47. The highest BCUT2D eigenvalue weighted by Gasteiger charge is 2.27. The second kappa shape index (κ2) is 39.0. The number of allylic oxidation sites excluding steroid dienone is 2. The van der Waals surface area contributed by atoms with Crippen molar-refractivity contribution in [2.45, 2.75) is 219 Å². The van der Waals surface area contributed by atoms with E-state index in [9.17, 15) is 29.3 Å². The lowest BCUT2D eigenvalue weighted by atomic mass is 10.1. The van der Waals surface area contributed by atoms with Gasteiger partial charge in [-0.1, -0.05) is 167 Å². The van der Waals surface area contributed by atoms with Crippen LogP contribution in [0.4, 0.5) is 0 Å². The van der Waals surface area contributed by atoms with Crippen LogP contribution in [0.15, 0.2) is 12.2 Å². The summed E-state index contributed by atoms with van der Waals surface area (Å²) < 4.78 is 32.5. The highest BCUT2D eigenvalue weighted by Crippen LogP contribution is 2.43. The van der Waals surface area contributed by atoms with E-state index >= 15 is 0 Å². The molecule has 0 amide bonds. The SMILES string of the molecule is CCCCCCCCCC/C=C\CCCCCCCCCCCC(=O)OC(CO)COP(=O)(O)OCC(CO)OC(=O)CCCCCCCCCCC. The first-order chi connectivity index (χ1) is 25.8. The molecule has 0 rings (SSSR count). The van der Waals surface area contributed by atoms with Crippen LogP contribution in [0.25, 0.3) is 0 Å². The molecule has 0 aliphatic rings. The fourth-order valence-electron chi connectivity index (χ4n) is 6.11. The highest BCUT2D eigenvalue weighted by atomic mass is 31.2. The summed E-state index contributed by atoms with van der Waals surface area (Å²) in [5.74, 6) is -1.02. The number of aliphatic hydroxyl groups is 2. The minimum absolute atomic E-state index is 0.193. The molecule has 0 fully saturated rings. The number of aliphatic hydroxyl groups excluding tert-OH is 2. The Labute approximate surface area is 324 Å². The number of hydrogen-bond acceptors (Lipinski definition) is 9. The molecule has 3 N–H and O–H groups in total. The summed E-state index contributed by atoms with van der Waals surface area (Å²) in [6.45, 7) is 2.19. The van der Waals surface area contributed by atoms with Gasteiger partial charge >= 0.3 is 19.8 Å². The van der Waals surface area contributed by atoms with Crippen molar-refractivity contribution in [3.63, 3.8) is 0 Å². The van der Waals surface area contributed by atoms with Crippen LogP contribution in [0.3, 0.4) is 0 Å². The largest absolute Gasteiger partial charge is 0.472 e. The Morgan fingerprint density at radius 3 is 1.08 bits per heavy atom. The van der Waals surface area contributed by atoms with Crippen molar-refractivity contribution in [3.8, 4) is 0 Å². The van der Waals surface area contributed by atoms with Gasteiger partial charge in [-0.05, 0) is 38.5 Å². The predicted octanol–water partition coefficient (Wildman–Crippen LogP) is 11.2. The third kappa shape index (κ3) is 37.4. The maximum absolute atomic E-state index is 12.3. The zero-order chi connectivity index (χ0) is 39.1. The third-order valence-corrected chi connectivity index (χ3v) is 10.4. The van der Waals surface area contributed by atoms with E-state index in [2.05, 4.69) is 26.0 Å². The van der Waals surface area contributed by atoms with E-state index in [1.807, 2.05) is 0 Å². The summed E-state index contributed by atoms with van der Waals surface area (Å²) >= 11 is 0. The Morgan fingerprint density at radius 1 is 0.491 bits per heavy atom. The average Bonchev–Trinajstić information content (AvgIpc) is 3.14. The maximum Gasteiger partial charge on any atom is 0.472 e. The van der Waals surface area contributed by atoms with E-state index in [-0.39, 0.29) is 12.8 Å². The molecular formula is C42H81O10P. The molecule has 0 aliphatic carbocycles. The summed E-state index contributed by atoms with van der Waals surface area (Å²) in [6.07, 6.45) is 36.3. The van der Waals surface area contributed by atoms with E-state index in [1.165, 1.54) is 128 Å². The van der Waals surface area contributed by atoms with Crippen molar-refractivity contribution in [3.05, 3.63) is 12.2 Å². The second-order valence-corrected chi connectivity index (χ2v) is 16.1. The molecule has 0 aliphatic heterocycles. The van der Waals surface area contributed by atoms with Gasteiger partial charge in [0.15, 0.2) is 0 Å². The molecule has 0 saturated carbocycles. The minimum Gasteiger partial charge on any atom is -0.457 e. The van der Waals surface area contributed by atoms with Gasteiger partial charge in [0.25, 0.3) is 0 Å². The van der Waals surface area contributed by atoms with Gasteiger partial charge in [0.1, 0.15) is 12.2 Å². The van der Waals surface area contributed by atoms with Crippen LogP contribution in [-0.4, -0.2) is 65.7 Å². The van der Waals surface area contributed by atoms with Crippen molar-refractivity contribution in [2.75, 3.05) is 26.4 Å². The van der Waals surface area contributed by atoms with Crippen LogP contribution in [0.2, 0.25) is 0 Å². The van der Waals surface area contributed by atoms with E-state index in [1.54, 1.807) is 0 Å². The number of ether oxygens (including phenoxy) is 2. The van der Waals surface area contributed by atoms with E-state index in [0.29, 0.717) is 12.8 Å². The Hall–Kier alpha value is -1.29. The normalized spacial score (nSPS) is 14.0. The van der Waals surface area contributed by atoms with E-state index in [4.69, 9.17) is 18.5 Å². The number of phosphoric acid groups is 1. The number of hydrogen-bond donors (Lipinski definition) is 3. The number of phosphoric ester groups is 1. The van der Waals surface area contributed by atoms with Gasteiger partial charge in [0.2, 0.25) is 0 Å². The predicted molar refractivity (Wildman–Crippen MR) is 215 cm³/mol. The fourth-order valence-corrected chi connectivity index (χ4v) is 6.89. The van der Waals surface area contributed by atoms with Gasteiger partial charge < -0.3 is 24.6 Å². The number of esters is 2. The van der Waals surface area contributed by atoms with Crippen molar-refractivity contribution in [2.24, 2.45) is 0 Å². The molecular weight excluding hydrogens is 695 g/mol. The molecule has 0 bridgehead atoms. The maximum atomic E-state index is 12.3. The molecule has 0 radical (unpaired) electrons. The van der Waals surface area contributed by atoms with Gasteiger partial charge in [-0.2, -0.15) is 0 Å².